The summed E-state index contributed by atoms with van der Waals surface area (Å²) in [5.74, 6) is -11.6. The maximum absolute atomic E-state index is 13.8. The molecule has 3 atom stereocenters. The summed E-state index contributed by atoms with van der Waals surface area (Å²) in [4.78, 5) is 11.0. The normalized spacial score (nSPS) is 32.0. The van der Waals surface area contributed by atoms with Crippen molar-refractivity contribution < 1.29 is 40.3 Å². The van der Waals surface area contributed by atoms with Crippen molar-refractivity contribution in [2.45, 2.75) is 37.8 Å². The van der Waals surface area contributed by atoms with Crippen LogP contribution in [-0.4, -0.2) is 54.7 Å². The average Bonchev–Trinajstić information content (AvgIpc) is 2.87. The van der Waals surface area contributed by atoms with Gasteiger partial charge in [-0.2, -0.15) is 13.2 Å². The SMILES string of the molecule is O=C(O)[C@@H]1CN(S(=O)(=O)CC2CCCCC2(F)F)C[C@H]1C(F)(F)F. The van der Waals surface area contributed by atoms with E-state index in [-0.39, 0.29) is 12.8 Å². The second-order valence-electron chi connectivity index (χ2n) is 6.39. The van der Waals surface area contributed by atoms with E-state index in [4.69, 9.17) is 5.11 Å². The number of carboxylic acid groups (broad SMARTS) is 1. The summed E-state index contributed by atoms with van der Waals surface area (Å²) in [7, 11) is -4.40. The Kier molecular flexibility index (Phi) is 5.16. The Hall–Kier alpha value is -0.970. The molecule has 2 fully saturated rings. The Morgan fingerprint density at radius 3 is 2.29 bits per heavy atom. The zero-order chi connectivity index (χ0) is 18.3. The van der Waals surface area contributed by atoms with Gasteiger partial charge in [0, 0.05) is 25.4 Å². The Labute approximate surface area is 135 Å². The fraction of sp³-hybridized carbons (Fsp3) is 0.923. The fourth-order valence-corrected chi connectivity index (χ4v) is 5.21. The van der Waals surface area contributed by atoms with E-state index < -0.39 is 71.1 Å². The van der Waals surface area contributed by atoms with Gasteiger partial charge in [-0.3, -0.25) is 4.79 Å². The molecule has 0 amide bonds. The van der Waals surface area contributed by atoms with Gasteiger partial charge in [0.1, 0.15) is 0 Å². The van der Waals surface area contributed by atoms with Crippen molar-refractivity contribution in [2.75, 3.05) is 18.8 Å². The van der Waals surface area contributed by atoms with E-state index in [1.54, 1.807) is 0 Å². The van der Waals surface area contributed by atoms with Crippen LogP contribution in [0.25, 0.3) is 0 Å². The molecule has 5 nitrogen and oxygen atoms in total. The van der Waals surface area contributed by atoms with Crippen LogP contribution in [0.2, 0.25) is 0 Å². The van der Waals surface area contributed by atoms with Gasteiger partial charge in [0.2, 0.25) is 10.0 Å². The predicted molar refractivity (Wildman–Crippen MR) is 72.9 cm³/mol. The first-order chi connectivity index (χ1) is 10.8. The van der Waals surface area contributed by atoms with Gasteiger partial charge in [-0.25, -0.2) is 21.5 Å². The Morgan fingerprint density at radius 2 is 1.83 bits per heavy atom. The van der Waals surface area contributed by atoms with Crippen LogP contribution < -0.4 is 0 Å². The first kappa shape index (κ1) is 19.4. The second-order valence-corrected chi connectivity index (χ2v) is 8.41. The standard InChI is InChI=1S/C13H18F5NO4S/c14-12(15)4-2-1-3-8(12)7-24(22,23)19-5-9(11(20)21)10(6-19)13(16,17)18/h8-10H,1-7H2,(H,20,21)/t8?,9-,10-/m1/s1. The number of nitrogens with zero attached hydrogens (tertiary/aromatic N) is 1. The minimum Gasteiger partial charge on any atom is -0.481 e. The van der Waals surface area contributed by atoms with Gasteiger partial charge in [0.05, 0.1) is 17.6 Å². The van der Waals surface area contributed by atoms with E-state index in [1.807, 2.05) is 0 Å². The molecule has 140 valence electrons. The molecule has 1 aliphatic heterocycles. The zero-order valence-corrected chi connectivity index (χ0v) is 13.4. The van der Waals surface area contributed by atoms with Crippen LogP contribution in [0.3, 0.4) is 0 Å². The van der Waals surface area contributed by atoms with Gasteiger partial charge in [0.25, 0.3) is 5.92 Å². The van der Waals surface area contributed by atoms with E-state index in [0.717, 1.165) is 0 Å². The van der Waals surface area contributed by atoms with Crippen molar-refractivity contribution in [3.8, 4) is 0 Å². The molecule has 0 spiro atoms. The maximum Gasteiger partial charge on any atom is 0.393 e. The van der Waals surface area contributed by atoms with Crippen molar-refractivity contribution in [3.63, 3.8) is 0 Å². The first-order valence-electron chi connectivity index (χ1n) is 7.50. The number of rotatable bonds is 4. The smallest absolute Gasteiger partial charge is 0.393 e. The largest absolute Gasteiger partial charge is 0.481 e. The molecule has 1 heterocycles. The van der Waals surface area contributed by atoms with Crippen LogP contribution in [0, 0.1) is 17.8 Å². The predicted octanol–water partition coefficient (Wildman–Crippen LogP) is 2.34. The Morgan fingerprint density at radius 1 is 1.21 bits per heavy atom. The molecule has 1 N–H and O–H groups in total. The summed E-state index contributed by atoms with van der Waals surface area (Å²) in [5, 5.41) is 8.89. The summed E-state index contributed by atoms with van der Waals surface area (Å²) in [6.07, 6.45) is -4.65. The van der Waals surface area contributed by atoms with E-state index in [2.05, 4.69) is 0 Å². The summed E-state index contributed by atoms with van der Waals surface area (Å²) in [5.41, 5.74) is 0. The monoisotopic (exact) mass is 379 g/mol. The number of alkyl halides is 5. The molecule has 0 bridgehead atoms. The number of hydrogen-bond acceptors (Lipinski definition) is 3. The van der Waals surface area contributed by atoms with E-state index in [0.29, 0.717) is 10.7 Å². The molecule has 2 aliphatic rings. The quantitative estimate of drug-likeness (QED) is 0.761. The van der Waals surface area contributed by atoms with E-state index in [1.165, 1.54) is 0 Å². The molecule has 0 aromatic heterocycles. The Bertz CT molecular complexity index is 592. The van der Waals surface area contributed by atoms with E-state index in [9.17, 15) is 35.2 Å². The van der Waals surface area contributed by atoms with Crippen LogP contribution in [0.4, 0.5) is 22.0 Å². The Balaban J connectivity index is 2.16. The number of halogens is 5. The third-order valence-corrected chi connectivity index (χ3v) is 6.65. The molecular weight excluding hydrogens is 361 g/mol. The van der Waals surface area contributed by atoms with E-state index >= 15 is 0 Å². The highest BCUT2D eigenvalue weighted by Crippen LogP contribution is 2.42. The van der Waals surface area contributed by atoms with Crippen LogP contribution in [0.15, 0.2) is 0 Å². The zero-order valence-electron chi connectivity index (χ0n) is 12.6. The van der Waals surface area contributed by atoms with Crippen molar-refractivity contribution in [3.05, 3.63) is 0 Å². The van der Waals surface area contributed by atoms with Gasteiger partial charge in [-0.05, 0) is 12.8 Å². The van der Waals surface area contributed by atoms with Crippen LogP contribution in [-0.2, 0) is 14.8 Å². The number of sulfonamides is 1. The number of carboxylic acids is 1. The van der Waals surface area contributed by atoms with Gasteiger partial charge >= 0.3 is 12.1 Å². The molecule has 0 aromatic carbocycles. The number of hydrogen-bond donors (Lipinski definition) is 1. The lowest BCUT2D eigenvalue weighted by atomic mass is 9.87. The lowest BCUT2D eigenvalue weighted by Gasteiger charge is -2.32. The summed E-state index contributed by atoms with van der Waals surface area (Å²) < 4.78 is 91.2. The van der Waals surface area contributed by atoms with Crippen molar-refractivity contribution >= 4 is 16.0 Å². The summed E-state index contributed by atoms with van der Waals surface area (Å²) in [6.45, 7) is -1.89. The van der Waals surface area contributed by atoms with Gasteiger partial charge in [0.15, 0.2) is 0 Å². The molecule has 1 saturated heterocycles. The lowest BCUT2D eigenvalue weighted by molar-refractivity contribution is -0.187. The molecule has 1 aliphatic carbocycles. The highest BCUT2D eigenvalue weighted by molar-refractivity contribution is 7.89. The molecule has 0 radical (unpaired) electrons. The molecular formula is C13H18F5NO4S. The van der Waals surface area contributed by atoms with Crippen LogP contribution in [0.1, 0.15) is 25.7 Å². The number of aliphatic carboxylic acids is 1. The maximum atomic E-state index is 13.8. The molecule has 11 heteroatoms. The second kappa shape index (κ2) is 6.40. The lowest BCUT2D eigenvalue weighted by Crippen LogP contribution is -2.41. The molecule has 24 heavy (non-hydrogen) atoms. The summed E-state index contributed by atoms with van der Waals surface area (Å²) in [6, 6.07) is 0. The van der Waals surface area contributed by atoms with Crippen molar-refractivity contribution in [1.82, 2.24) is 4.31 Å². The third-order valence-electron chi connectivity index (χ3n) is 4.74. The molecule has 1 unspecified atom stereocenters. The van der Waals surface area contributed by atoms with Gasteiger partial charge in [-0.15, -0.1) is 0 Å². The topological polar surface area (TPSA) is 74.7 Å². The first-order valence-corrected chi connectivity index (χ1v) is 9.10. The van der Waals surface area contributed by atoms with Gasteiger partial charge in [-0.1, -0.05) is 6.42 Å². The minimum absolute atomic E-state index is 0.0227. The highest BCUT2D eigenvalue weighted by Gasteiger charge is 2.55. The van der Waals surface area contributed by atoms with Crippen LogP contribution >= 0.6 is 0 Å². The number of carbonyl (C=O) groups is 1. The van der Waals surface area contributed by atoms with Crippen molar-refractivity contribution in [2.24, 2.45) is 17.8 Å². The average molecular weight is 379 g/mol. The van der Waals surface area contributed by atoms with Crippen molar-refractivity contribution in [1.29, 1.82) is 0 Å². The van der Waals surface area contributed by atoms with Crippen LogP contribution in [0.5, 0.6) is 0 Å². The fourth-order valence-electron chi connectivity index (χ4n) is 3.31. The highest BCUT2D eigenvalue weighted by atomic mass is 32.2. The molecule has 2 rings (SSSR count). The third kappa shape index (κ3) is 3.98. The molecule has 1 saturated carbocycles. The van der Waals surface area contributed by atoms with Gasteiger partial charge < -0.3 is 5.11 Å². The molecule has 0 aromatic rings. The minimum atomic E-state index is -4.87. The summed E-state index contributed by atoms with van der Waals surface area (Å²) >= 11 is 0.